The van der Waals surface area contributed by atoms with Crippen LogP contribution in [-0.4, -0.2) is 72.0 Å². The number of hydrogen-bond acceptors (Lipinski definition) is 6. The van der Waals surface area contributed by atoms with E-state index >= 15 is 0 Å². The summed E-state index contributed by atoms with van der Waals surface area (Å²) in [7, 11) is 0. The van der Waals surface area contributed by atoms with Crippen LogP contribution in [0.1, 0.15) is 41.7 Å². The van der Waals surface area contributed by atoms with E-state index in [1.54, 1.807) is 11.0 Å². The van der Waals surface area contributed by atoms with Gasteiger partial charge >= 0.3 is 0 Å². The minimum absolute atomic E-state index is 0.188. The SMILES string of the molecule is Cc1cc(NC(=O)c2ccc(Br)cc2N2CCN(C3CC3)CC2)nc(N2CCC(F)(F)CC2)n1. The van der Waals surface area contributed by atoms with Crippen molar-refractivity contribution in [1.82, 2.24) is 14.9 Å². The van der Waals surface area contributed by atoms with Gasteiger partial charge in [0.15, 0.2) is 0 Å². The Balaban J connectivity index is 1.32. The number of amides is 1. The molecular weight excluding hydrogens is 506 g/mol. The standard InChI is InChI=1S/C24H29BrF2N6O/c1-16-14-21(30-23(28-16)33-8-6-24(26,27)7-9-33)29-22(34)19-5-2-17(25)15-20(19)32-12-10-31(11-13-32)18-3-4-18/h2,5,14-15,18H,3-4,6-13H2,1H3,(H,28,29,30,34). The van der Waals surface area contributed by atoms with Gasteiger partial charge in [0.1, 0.15) is 5.82 Å². The third-order valence-electron chi connectivity index (χ3n) is 6.78. The average Bonchev–Trinajstić information content (AvgIpc) is 3.64. The molecule has 1 aliphatic carbocycles. The first kappa shape index (κ1) is 23.4. The number of carbonyl (C=O) groups is 1. The number of piperidine rings is 1. The molecule has 1 saturated carbocycles. The molecule has 0 atom stereocenters. The molecule has 2 aromatic rings. The maximum Gasteiger partial charge on any atom is 0.258 e. The second-order valence-corrected chi connectivity index (χ2v) is 10.3. The number of anilines is 3. The van der Waals surface area contributed by atoms with Gasteiger partial charge in [0.2, 0.25) is 5.95 Å². The third-order valence-corrected chi connectivity index (χ3v) is 7.28. The van der Waals surface area contributed by atoms with Gasteiger partial charge in [-0.25, -0.2) is 13.8 Å². The molecule has 3 fully saturated rings. The predicted octanol–water partition coefficient (Wildman–Crippen LogP) is 4.32. The summed E-state index contributed by atoms with van der Waals surface area (Å²) in [5.41, 5.74) is 2.15. The van der Waals surface area contributed by atoms with Crippen LogP contribution in [0.15, 0.2) is 28.7 Å². The smallest absolute Gasteiger partial charge is 0.258 e. The Kier molecular flexibility index (Phi) is 6.45. The van der Waals surface area contributed by atoms with Gasteiger partial charge in [-0.3, -0.25) is 9.69 Å². The molecule has 7 nitrogen and oxygen atoms in total. The number of rotatable bonds is 5. The monoisotopic (exact) mass is 534 g/mol. The molecule has 3 aliphatic rings. The van der Waals surface area contributed by atoms with Crippen molar-refractivity contribution in [2.75, 3.05) is 54.4 Å². The first-order valence-electron chi connectivity index (χ1n) is 11.9. The molecule has 1 aromatic heterocycles. The number of piperazine rings is 1. The van der Waals surface area contributed by atoms with Crippen LogP contribution < -0.4 is 15.1 Å². The first-order valence-corrected chi connectivity index (χ1v) is 12.7. The number of nitrogens with one attached hydrogen (secondary N) is 1. The highest BCUT2D eigenvalue weighted by molar-refractivity contribution is 9.10. The Hall–Kier alpha value is -2.33. The van der Waals surface area contributed by atoms with Crippen molar-refractivity contribution in [3.8, 4) is 0 Å². The zero-order chi connectivity index (χ0) is 23.9. The molecule has 5 rings (SSSR count). The van der Waals surface area contributed by atoms with Crippen molar-refractivity contribution in [2.24, 2.45) is 0 Å². The highest BCUT2D eigenvalue weighted by atomic mass is 79.9. The molecule has 0 spiro atoms. The van der Waals surface area contributed by atoms with E-state index in [0.29, 0.717) is 23.0 Å². The summed E-state index contributed by atoms with van der Waals surface area (Å²) in [5.74, 6) is -2.14. The van der Waals surface area contributed by atoms with Gasteiger partial charge in [0.25, 0.3) is 11.8 Å². The largest absolute Gasteiger partial charge is 0.368 e. The number of nitrogens with zero attached hydrogens (tertiary/aromatic N) is 5. The summed E-state index contributed by atoms with van der Waals surface area (Å²) in [5, 5.41) is 2.91. The van der Waals surface area contributed by atoms with E-state index in [1.807, 2.05) is 25.1 Å². The van der Waals surface area contributed by atoms with E-state index in [-0.39, 0.29) is 31.8 Å². The zero-order valence-corrected chi connectivity index (χ0v) is 20.8. The van der Waals surface area contributed by atoms with Crippen LogP contribution in [0.25, 0.3) is 0 Å². The van der Waals surface area contributed by atoms with Crippen LogP contribution >= 0.6 is 15.9 Å². The van der Waals surface area contributed by atoms with E-state index in [9.17, 15) is 13.6 Å². The fraction of sp³-hybridized carbons (Fsp3) is 0.542. The van der Waals surface area contributed by atoms with E-state index in [0.717, 1.165) is 42.4 Å². The highest BCUT2D eigenvalue weighted by Gasteiger charge is 2.35. The van der Waals surface area contributed by atoms with E-state index < -0.39 is 5.92 Å². The van der Waals surface area contributed by atoms with Crippen molar-refractivity contribution >= 4 is 39.3 Å². The minimum Gasteiger partial charge on any atom is -0.368 e. The average molecular weight is 535 g/mol. The van der Waals surface area contributed by atoms with E-state index in [1.165, 1.54) is 12.8 Å². The second-order valence-electron chi connectivity index (χ2n) is 9.41. The highest BCUT2D eigenvalue weighted by Crippen LogP contribution is 2.32. The Morgan fingerprint density at radius 1 is 1.03 bits per heavy atom. The number of halogens is 3. The Labute approximate surface area is 206 Å². The lowest BCUT2D eigenvalue weighted by molar-refractivity contribution is -0.0222. The summed E-state index contributed by atoms with van der Waals surface area (Å²) >= 11 is 3.55. The molecular formula is C24H29BrF2N6O. The van der Waals surface area contributed by atoms with Gasteiger partial charge in [-0.2, -0.15) is 4.98 Å². The summed E-state index contributed by atoms with van der Waals surface area (Å²) in [4.78, 5) is 28.8. The fourth-order valence-corrected chi connectivity index (χ4v) is 5.05. The molecule has 0 unspecified atom stereocenters. The first-order chi connectivity index (χ1) is 16.3. The molecule has 34 heavy (non-hydrogen) atoms. The third kappa shape index (κ3) is 5.33. The quantitative estimate of drug-likeness (QED) is 0.616. The number of hydrogen-bond donors (Lipinski definition) is 1. The van der Waals surface area contributed by atoms with Crippen molar-refractivity contribution in [3.05, 3.63) is 40.0 Å². The number of aromatic nitrogens is 2. The molecule has 0 radical (unpaired) electrons. The maximum atomic E-state index is 13.6. The second kappa shape index (κ2) is 9.37. The van der Waals surface area contributed by atoms with Crippen LogP contribution in [0.3, 0.4) is 0 Å². The van der Waals surface area contributed by atoms with Crippen molar-refractivity contribution in [3.63, 3.8) is 0 Å². The predicted molar refractivity (Wildman–Crippen MR) is 132 cm³/mol. The summed E-state index contributed by atoms with van der Waals surface area (Å²) in [6.07, 6.45) is 2.15. The lowest BCUT2D eigenvalue weighted by atomic mass is 10.1. The maximum absolute atomic E-state index is 13.6. The minimum atomic E-state index is -2.64. The number of alkyl halides is 2. The normalized spacial score (nSPS) is 20.9. The van der Waals surface area contributed by atoms with Gasteiger partial charge in [0, 0.05) is 74.4 Å². The van der Waals surface area contributed by atoms with E-state index in [2.05, 4.69) is 41.0 Å². The molecule has 3 heterocycles. The topological polar surface area (TPSA) is 64.6 Å². The van der Waals surface area contributed by atoms with Gasteiger partial charge in [-0.15, -0.1) is 0 Å². The van der Waals surface area contributed by atoms with Gasteiger partial charge in [-0.1, -0.05) is 15.9 Å². The molecule has 2 saturated heterocycles. The molecule has 1 amide bonds. The lowest BCUT2D eigenvalue weighted by Crippen LogP contribution is -2.47. The summed E-state index contributed by atoms with van der Waals surface area (Å²) in [6, 6.07) is 8.13. The molecule has 0 bridgehead atoms. The molecule has 10 heteroatoms. The van der Waals surface area contributed by atoms with Crippen LogP contribution in [-0.2, 0) is 0 Å². The molecule has 182 valence electrons. The van der Waals surface area contributed by atoms with Crippen LogP contribution in [0.4, 0.5) is 26.2 Å². The summed E-state index contributed by atoms with van der Waals surface area (Å²) in [6.45, 7) is 5.95. The van der Waals surface area contributed by atoms with E-state index in [4.69, 9.17) is 0 Å². The van der Waals surface area contributed by atoms with Crippen molar-refractivity contribution in [2.45, 2.75) is 44.6 Å². The molecule has 1 aromatic carbocycles. The summed E-state index contributed by atoms with van der Waals surface area (Å²) < 4.78 is 28.0. The van der Waals surface area contributed by atoms with Crippen LogP contribution in [0, 0.1) is 6.92 Å². The molecule has 2 aliphatic heterocycles. The van der Waals surface area contributed by atoms with Crippen LogP contribution in [0.2, 0.25) is 0 Å². The number of benzene rings is 1. The van der Waals surface area contributed by atoms with Crippen LogP contribution in [0.5, 0.6) is 0 Å². The van der Waals surface area contributed by atoms with Crippen molar-refractivity contribution in [1.29, 1.82) is 0 Å². The number of carbonyl (C=O) groups excluding carboxylic acids is 1. The van der Waals surface area contributed by atoms with Crippen molar-refractivity contribution < 1.29 is 13.6 Å². The fourth-order valence-electron chi connectivity index (χ4n) is 4.70. The number of aryl methyl sites for hydroxylation is 1. The Morgan fingerprint density at radius 2 is 1.74 bits per heavy atom. The van der Waals surface area contributed by atoms with Gasteiger partial charge in [-0.05, 0) is 38.0 Å². The lowest BCUT2D eigenvalue weighted by Gasteiger charge is -2.37. The zero-order valence-electron chi connectivity index (χ0n) is 19.2. The Morgan fingerprint density at radius 3 is 2.41 bits per heavy atom. The Bertz CT molecular complexity index is 1060. The van der Waals surface area contributed by atoms with Gasteiger partial charge < -0.3 is 15.1 Å². The van der Waals surface area contributed by atoms with Gasteiger partial charge in [0.05, 0.1) is 11.3 Å². The molecule has 1 N–H and O–H groups in total.